The lowest BCUT2D eigenvalue weighted by molar-refractivity contribution is 0.313. The molecule has 0 fully saturated rings. The molecule has 0 spiro atoms. The third-order valence-electron chi connectivity index (χ3n) is 2.57. The molecule has 2 rings (SSSR count). The van der Waals surface area contributed by atoms with Crippen molar-refractivity contribution in [2.45, 2.75) is 19.9 Å². The van der Waals surface area contributed by atoms with Gasteiger partial charge in [0.05, 0.1) is 12.6 Å². The highest BCUT2D eigenvalue weighted by atomic mass is 79.9. The Hall–Kier alpha value is -0.550. The van der Waals surface area contributed by atoms with Crippen LogP contribution in [0.4, 0.5) is 0 Å². The third kappa shape index (κ3) is 2.40. The molecule has 1 aromatic heterocycles. The van der Waals surface area contributed by atoms with Gasteiger partial charge in [0.15, 0.2) is 5.96 Å². The number of hydrogen-bond acceptors (Lipinski definition) is 4. The van der Waals surface area contributed by atoms with Crippen molar-refractivity contribution in [3.05, 3.63) is 20.8 Å². The Morgan fingerprint density at radius 3 is 3.00 bits per heavy atom. The van der Waals surface area contributed by atoms with Gasteiger partial charge in [-0.05, 0) is 27.9 Å². The standard InChI is InChI=1S/C11H16BrN3S/c1-7(2)5-15-9(4-14-11(15)13)10-3-8(12)6-16-10/h3,6-7,9H,4-5H2,1-2H3,(H2,13,14). The van der Waals surface area contributed by atoms with E-state index in [9.17, 15) is 0 Å². The molecule has 16 heavy (non-hydrogen) atoms. The monoisotopic (exact) mass is 301 g/mol. The van der Waals surface area contributed by atoms with Crippen LogP contribution in [-0.4, -0.2) is 23.9 Å². The molecule has 1 atom stereocenters. The minimum absolute atomic E-state index is 0.332. The van der Waals surface area contributed by atoms with Gasteiger partial charge in [-0.25, -0.2) is 0 Å². The second-order valence-electron chi connectivity index (χ2n) is 4.43. The zero-order valence-corrected chi connectivity index (χ0v) is 11.9. The molecular formula is C11H16BrN3S. The van der Waals surface area contributed by atoms with E-state index < -0.39 is 0 Å². The first-order valence-electron chi connectivity index (χ1n) is 5.38. The van der Waals surface area contributed by atoms with Crippen molar-refractivity contribution < 1.29 is 0 Å². The normalized spacial score (nSPS) is 20.6. The smallest absolute Gasteiger partial charge is 0.191 e. The molecule has 1 aliphatic heterocycles. The number of halogens is 1. The van der Waals surface area contributed by atoms with Crippen LogP contribution in [0.1, 0.15) is 24.8 Å². The molecule has 0 saturated carbocycles. The summed E-state index contributed by atoms with van der Waals surface area (Å²) >= 11 is 5.25. The first-order chi connectivity index (χ1) is 7.58. The quantitative estimate of drug-likeness (QED) is 0.933. The lowest BCUT2D eigenvalue weighted by atomic mass is 10.1. The fourth-order valence-electron chi connectivity index (χ4n) is 1.89. The maximum absolute atomic E-state index is 5.93. The van der Waals surface area contributed by atoms with E-state index >= 15 is 0 Å². The first kappa shape index (κ1) is 11.9. The number of nitrogens with two attached hydrogens (primary N) is 1. The summed E-state index contributed by atoms with van der Waals surface area (Å²) in [6.45, 7) is 6.15. The first-order valence-corrected chi connectivity index (χ1v) is 7.05. The predicted octanol–water partition coefficient (Wildman–Crippen LogP) is 2.84. The van der Waals surface area contributed by atoms with Gasteiger partial charge >= 0.3 is 0 Å². The molecule has 88 valence electrons. The Kier molecular flexibility index (Phi) is 3.54. The van der Waals surface area contributed by atoms with Crippen molar-refractivity contribution in [1.82, 2.24) is 4.90 Å². The second-order valence-corrected chi connectivity index (χ2v) is 6.29. The molecule has 5 heteroatoms. The molecule has 0 bridgehead atoms. The Bertz CT molecular complexity index is 400. The largest absolute Gasteiger partial charge is 0.370 e. The lowest BCUT2D eigenvalue weighted by Gasteiger charge is -2.27. The zero-order valence-electron chi connectivity index (χ0n) is 9.48. The van der Waals surface area contributed by atoms with Crippen molar-refractivity contribution in [1.29, 1.82) is 0 Å². The van der Waals surface area contributed by atoms with E-state index in [1.807, 2.05) is 0 Å². The van der Waals surface area contributed by atoms with Crippen molar-refractivity contribution in [3.8, 4) is 0 Å². The summed E-state index contributed by atoms with van der Waals surface area (Å²) in [4.78, 5) is 7.89. The van der Waals surface area contributed by atoms with Gasteiger partial charge in [0.25, 0.3) is 0 Å². The van der Waals surface area contributed by atoms with Crippen molar-refractivity contribution in [2.75, 3.05) is 13.1 Å². The fourth-order valence-corrected chi connectivity index (χ4v) is 3.44. The fraction of sp³-hybridized carbons (Fsp3) is 0.545. The second kappa shape index (κ2) is 4.75. The highest BCUT2D eigenvalue weighted by Crippen LogP contribution is 2.32. The number of thiophene rings is 1. The van der Waals surface area contributed by atoms with Crippen LogP contribution in [-0.2, 0) is 0 Å². The zero-order chi connectivity index (χ0) is 11.7. The Morgan fingerprint density at radius 1 is 1.69 bits per heavy atom. The molecule has 0 aromatic carbocycles. The van der Waals surface area contributed by atoms with Crippen LogP contribution < -0.4 is 5.73 Å². The lowest BCUT2D eigenvalue weighted by Crippen LogP contribution is -2.38. The number of rotatable bonds is 3. The Labute approximate surface area is 108 Å². The average molecular weight is 302 g/mol. The number of nitrogens with zero attached hydrogens (tertiary/aromatic N) is 2. The third-order valence-corrected chi connectivity index (χ3v) is 4.37. The SMILES string of the molecule is CC(C)CN1C(N)=NCC1c1cc(Br)cs1. The van der Waals surface area contributed by atoms with Crippen LogP contribution in [0.3, 0.4) is 0 Å². The molecule has 0 radical (unpaired) electrons. The van der Waals surface area contributed by atoms with E-state index in [-0.39, 0.29) is 0 Å². The molecule has 1 unspecified atom stereocenters. The highest BCUT2D eigenvalue weighted by molar-refractivity contribution is 9.10. The van der Waals surface area contributed by atoms with Crippen molar-refractivity contribution in [2.24, 2.45) is 16.6 Å². The van der Waals surface area contributed by atoms with Crippen LogP contribution in [0.5, 0.6) is 0 Å². The Morgan fingerprint density at radius 2 is 2.44 bits per heavy atom. The van der Waals surface area contributed by atoms with Gasteiger partial charge < -0.3 is 10.6 Å². The highest BCUT2D eigenvalue weighted by Gasteiger charge is 2.28. The summed E-state index contributed by atoms with van der Waals surface area (Å²) in [6.07, 6.45) is 0. The van der Waals surface area contributed by atoms with E-state index in [0.29, 0.717) is 17.9 Å². The van der Waals surface area contributed by atoms with Crippen LogP contribution in [0.15, 0.2) is 20.9 Å². The molecule has 1 aliphatic rings. The summed E-state index contributed by atoms with van der Waals surface area (Å²) in [6, 6.07) is 2.50. The van der Waals surface area contributed by atoms with Gasteiger partial charge in [-0.15, -0.1) is 11.3 Å². The van der Waals surface area contributed by atoms with E-state index in [2.05, 4.69) is 51.1 Å². The average Bonchev–Trinajstić information content (AvgIpc) is 2.75. The molecule has 0 amide bonds. The molecule has 1 aromatic rings. The minimum Gasteiger partial charge on any atom is -0.370 e. The van der Waals surface area contributed by atoms with E-state index in [1.165, 1.54) is 4.88 Å². The van der Waals surface area contributed by atoms with E-state index in [0.717, 1.165) is 17.6 Å². The van der Waals surface area contributed by atoms with Gasteiger partial charge in [-0.1, -0.05) is 13.8 Å². The van der Waals surface area contributed by atoms with Gasteiger partial charge in [-0.3, -0.25) is 4.99 Å². The molecule has 2 heterocycles. The van der Waals surface area contributed by atoms with Gasteiger partial charge in [0.2, 0.25) is 0 Å². The summed E-state index contributed by atoms with van der Waals surface area (Å²) in [7, 11) is 0. The molecule has 0 aliphatic carbocycles. The molecule has 2 N–H and O–H groups in total. The summed E-state index contributed by atoms with van der Waals surface area (Å²) in [5.74, 6) is 1.28. The topological polar surface area (TPSA) is 41.6 Å². The summed E-state index contributed by atoms with van der Waals surface area (Å²) < 4.78 is 1.14. The molecule has 3 nitrogen and oxygen atoms in total. The summed E-state index contributed by atoms with van der Waals surface area (Å²) in [5.41, 5.74) is 5.93. The number of hydrogen-bond donors (Lipinski definition) is 1. The summed E-state index contributed by atoms with van der Waals surface area (Å²) in [5, 5.41) is 2.11. The van der Waals surface area contributed by atoms with E-state index in [1.54, 1.807) is 11.3 Å². The predicted molar refractivity (Wildman–Crippen MR) is 72.8 cm³/mol. The van der Waals surface area contributed by atoms with Gasteiger partial charge in [0, 0.05) is 21.3 Å². The van der Waals surface area contributed by atoms with Crippen LogP contribution in [0.2, 0.25) is 0 Å². The maximum Gasteiger partial charge on any atom is 0.191 e. The Balaban J connectivity index is 2.16. The molecule has 0 saturated heterocycles. The minimum atomic E-state index is 0.332. The maximum atomic E-state index is 5.93. The van der Waals surface area contributed by atoms with Crippen LogP contribution in [0, 0.1) is 5.92 Å². The van der Waals surface area contributed by atoms with E-state index in [4.69, 9.17) is 5.73 Å². The van der Waals surface area contributed by atoms with Crippen LogP contribution in [0.25, 0.3) is 0 Å². The molecular weight excluding hydrogens is 286 g/mol. The van der Waals surface area contributed by atoms with Gasteiger partial charge in [0.1, 0.15) is 0 Å². The number of aliphatic imine (C=N–C) groups is 1. The van der Waals surface area contributed by atoms with Crippen molar-refractivity contribution in [3.63, 3.8) is 0 Å². The van der Waals surface area contributed by atoms with Gasteiger partial charge in [-0.2, -0.15) is 0 Å². The van der Waals surface area contributed by atoms with Crippen LogP contribution >= 0.6 is 27.3 Å². The van der Waals surface area contributed by atoms with Crippen molar-refractivity contribution >= 4 is 33.2 Å². The number of guanidine groups is 1.